The lowest BCUT2D eigenvalue weighted by Gasteiger charge is -2.17. The average Bonchev–Trinajstić information content (AvgIpc) is 3.17. The van der Waals surface area contributed by atoms with Gasteiger partial charge in [-0.1, -0.05) is 35.7 Å². The largest absolute Gasteiger partial charge is 0.339 e. The summed E-state index contributed by atoms with van der Waals surface area (Å²) in [6.07, 6.45) is 4.82. The molecular formula is C18H23N3O2. The van der Waals surface area contributed by atoms with Gasteiger partial charge in [-0.25, -0.2) is 0 Å². The number of Topliss-reactive ketones (excluding diaryl/α,β-unsaturated/α-hetero) is 1. The molecule has 1 aliphatic carbocycles. The van der Waals surface area contributed by atoms with Crippen molar-refractivity contribution in [2.45, 2.75) is 57.9 Å². The zero-order chi connectivity index (χ0) is 16.4. The van der Waals surface area contributed by atoms with E-state index in [4.69, 9.17) is 10.3 Å². The fraction of sp³-hybridized carbons (Fsp3) is 0.500. The number of carbonyl (C=O) groups is 1. The van der Waals surface area contributed by atoms with Crippen LogP contribution in [0.2, 0.25) is 0 Å². The van der Waals surface area contributed by atoms with Gasteiger partial charge in [-0.05, 0) is 38.3 Å². The number of nitrogens with two attached hydrogens (primary N) is 1. The van der Waals surface area contributed by atoms with Crippen LogP contribution in [0.1, 0.15) is 65.3 Å². The first-order valence-electron chi connectivity index (χ1n) is 8.20. The Kier molecular flexibility index (Phi) is 4.31. The molecule has 5 nitrogen and oxygen atoms in total. The Balaban J connectivity index is 1.65. The summed E-state index contributed by atoms with van der Waals surface area (Å²) in [5.74, 6) is 1.19. The highest BCUT2D eigenvalue weighted by Crippen LogP contribution is 2.34. The molecular weight excluding hydrogens is 290 g/mol. The number of hydrogen-bond acceptors (Lipinski definition) is 5. The summed E-state index contributed by atoms with van der Waals surface area (Å²) in [5.41, 5.74) is 8.74. The van der Waals surface area contributed by atoms with Crippen molar-refractivity contribution in [3.8, 4) is 0 Å². The molecule has 5 heteroatoms. The van der Waals surface area contributed by atoms with E-state index in [0.717, 1.165) is 42.4 Å². The van der Waals surface area contributed by atoms with Crippen LogP contribution < -0.4 is 5.73 Å². The van der Waals surface area contributed by atoms with E-state index in [-0.39, 0.29) is 5.78 Å². The Morgan fingerprint density at radius 2 is 2.04 bits per heavy atom. The van der Waals surface area contributed by atoms with Gasteiger partial charge in [-0.2, -0.15) is 4.98 Å². The number of carbonyl (C=O) groups excluding carboxylic acids is 1. The third-order valence-corrected chi connectivity index (χ3v) is 4.67. The molecule has 122 valence electrons. The minimum absolute atomic E-state index is 0.106. The number of nitrogens with zero attached hydrogens (tertiary/aromatic N) is 2. The number of benzene rings is 1. The Morgan fingerprint density at radius 1 is 1.30 bits per heavy atom. The van der Waals surface area contributed by atoms with Gasteiger partial charge in [0.05, 0.1) is 5.54 Å². The lowest BCUT2D eigenvalue weighted by atomic mass is 9.98. The van der Waals surface area contributed by atoms with Crippen LogP contribution >= 0.6 is 0 Å². The molecule has 0 atom stereocenters. The van der Waals surface area contributed by atoms with Crippen molar-refractivity contribution in [3.63, 3.8) is 0 Å². The molecule has 0 amide bonds. The van der Waals surface area contributed by atoms with Gasteiger partial charge in [0.25, 0.3) is 0 Å². The highest BCUT2D eigenvalue weighted by Gasteiger charge is 2.35. The summed E-state index contributed by atoms with van der Waals surface area (Å²) in [7, 11) is 0. The summed E-state index contributed by atoms with van der Waals surface area (Å²) >= 11 is 0. The van der Waals surface area contributed by atoms with Gasteiger partial charge < -0.3 is 10.3 Å². The van der Waals surface area contributed by atoms with Gasteiger partial charge in [-0.15, -0.1) is 0 Å². The lowest BCUT2D eigenvalue weighted by Crippen LogP contribution is -2.34. The normalized spacial score (nSPS) is 16.7. The first-order chi connectivity index (χ1) is 11.0. The van der Waals surface area contributed by atoms with Gasteiger partial charge in [0.2, 0.25) is 5.89 Å². The van der Waals surface area contributed by atoms with E-state index >= 15 is 0 Å². The number of aryl methyl sites for hydroxylation is 3. The zero-order valence-corrected chi connectivity index (χ0v) is 13.8. The molecule has 3 rings (SSSR count). The number of rotatable bonds is 5. The molecule has 1 fully saturated rings. The maximum Gasteiger partial charge on any atom is 0.227 e. The van der Waals surface area contributed by atoms with E-state index in [1.807, 2.05) is 32.0 Å². The van der Waals surface area contributed by atoms with Crippen molar-refractivity contribution < 1.29 is 9.32 Å². The van der Waals surface area contributed by atoms with Gasteiger partial charge >= 0.3 is 0 Å². The van der Waals surface area contributed by atoms with Crippen LogP contribution in [-0.2, 0) is 12.0 Å². The van der Waals surface area contributed by atoms with E-state index in [0.29, 0.717) is 24.6 Å². The highest BCUT2D eigenvalue weighted by atomic mass is 16.5. The third-order valence-electron chi connectivity index (χ3n) is 4.67. The second-order valence-electron chi connectivity index (χ2n) is 6.62. The quantitative estimate of drug-likeness (QED) is 0.857. The minimum Gasteiger partial charge on any atom is -0.339 e. The standard InChI is InChI=1S/C18H23N3O2/c1-12-5-6-13(2)14(11-12)15(22)7-8-16-20-17(21-23-16)18(19)9-3-4-10-18/h5-6,11H,3-4,7-10,19H2,1-2H3. The second-order valence-corrected chi connectivity index (χ2v) is 6.62. The molecule has 0 aliphatic heterocycles. The lowest BCUT2D eigenvalue weighted by molar-refractivity contribution is 0.0979. The van der Waals surface area contributed by atoms with Crippen LogP contribution in [0.25, 0.3) is 0 Å². The first-order valence-corrected chi connectivity index (χ1v) is 8.20. The van der Waals surface area contributed by atoms with Crippen LogP contribution in [0.4, 0.5) is 0 Å². The van der Waals surface area contributed by atoms with Crippen molar-refractivity contribution in [2.24, 2.45) is 5.73 Å². The minimum atomic E-state index is -0.446. The number of ketones is 1. The molecule has 1 aromatic heterocycles. The number of hydrogen-bond donors (Lipinski definition) is 1. The Bertz CT molecular complexity index is 715. The molecule has 1 heterocycles. The van der Waals surface area contributed by atoms with E-state index in [2.05, 4.69) is 10.1 Å². The molecule has 2 N–H and O–H groups in total. The molecule has 2 aromatic rings. The summed E-state index contributed by atoms with van der Waals surface area (Å²) < 4.78 is 5.29. The highest BCUT2D eigenvalue weighted by molar-refractivity contribution is 5.97. The van der Waals surface area contributed by atoms with E-state index in [9.17, 15) is 4.79 Å². The predicted molar refractivity (Wildman–Crippen MR) is 87.2 cm³/mol. The zero-order valence-electron chi connectivity index (χ0n) is 13.8. The van der Waals surface area contributed by atoms with Crippen LogP contribution in [0.3, 0.4) is 0 Å². The summed E-state index contributed by atoms with van der Waals surface area (Å²) in [6, 6.07) is 5.93. The molecule has 23 heavy (non-hydrogen) atoms. The van der Waals surface area contributed by atoms with Crippen molar-refractivity contribution in [2.75, 3.05) is 0 Å². The molecule has 0 spiro atoms. The van der Waals surface area contributed by atoms with Crippen molar-refractivity contribution in [1.29, 1.82) is 0 Å². The van der Waals surface area contributed by atoms with E-state index in [1.54, 1.807) is 0 Å². The van der Waals surface area contributed by atoms with Crippen LogP contribution in [0.5, 0.6) is 0 Å². The Morgan fingerprint density at radius 3 is 2.78 bits per heavy atom. The monoisotopic (exact) mass is 313 g/mol. The SMILES string of the molecule is Cc1ccc(C)c(C(=O)CCc2nc(C3(N)CCCC3)no2)c1. The van der Waals surface area contributed by atoms with Crippen LogP contribution in [0, 0.1) is 13.8 Å². The summed E-state index contributed by atoms with van der Waals surface area (Å²) in [6.45, 7) is 3.94. The third kappa shape index (κ3) is 3.34. The molecule has 1 aromatic carbocycles. The Hall–Kier alpha value is -2.01. The van der Waals surface area contributed by atoms with E-state index in [1.165, 1.54) is 0 Å². The molecule has 0 radical (unpaired) electrons. The van der Waals surface area contributed by atoms with Crippen LogP contribution in [-0.4, -0.2) is 15.9 Å². The molecule has 0 bridgehead atoms. The van der Waals surface area contributed by atoms with Crippen molar-refractivity contribution in [1.82, 2.24) is 10.1 Å². The summed E-state index contributed by atoms with van der Waals surface area (Å²) in [4.78, 5) is 16.8. The van der Waals surface area contributed by atoms with Crippen molar-refractivity contribution in [3.05, 3.63) is 46.6 Å². The predicted octanol–water partition coefficient (Wildman–Crippen LogP) is 3.23. The van der Waals surface area contributed by atoms with Gasteiger partial charge in [0, 0.05) is 18.4 Å². The smallest absolute Gasteiger partial charge is 0.227 e. The average molecular weight is 313 g/mol. The van der Waals surface area contributed by atoms with Crippen LogP contribution in [0.15, 0.2) is 22.7 Å². The van der Waals surface area contributed by atoms with Gasteiger partial charge in [-0.3, -0.25) is 4.79 Å². The molecule has 0 unspecified atom stereocenters. The topological polar surface area (TPSA) is 82.0 Å². The fourth-order valence-electron chi connectivity index (χ4n) is 3.18. The second kappa shape index (κ2) is 6.24. The molecule has 1 saturated carbocycles. The number of aromatic nitrogens is 2. The Labute approximate surface area is 136 Å². The van der Waals surface area contributed by atoms with Gasteiger partial charge in [0.15, 0.2) is 11.6 Å². The molecule has 0 saturated heterocycles. The maximum atomic E-state index is 12.4. The van der Waals surface area contributed by atoms with Gasteiger partial charge in [0.1, 0.15) is 0 Å². The first kappa shape index (κ1) is 15.9. The van der Waals surface area contributed by atoms with Crippen molar-refractivity contribution >= 4 is 5.78 Å². The fourth-order valence-corrected chi connectivity index (χ4v) is 3.18. The maximum absolute atomic E-state index is 12.4. The summed E-state index contributed by atoms with van der Waals surface area (Å²) in [5, 5.41) is 4.03. The molecule has 1 aliphatic rings. The van der Waals surface area contributed by atoms with E-state index < -0.39 is 5.54 Å².